The van der Waals surface area contributed by atoms with E-state index >= 15 is 0 Å². The highest BCUT2D eigenvalue weighted by Crippen LogP contribution is 2.07. The van der Waals surface area contributed by atoms with Crippen LogP contribution in [0.25, 0.3) is 0 Å². The quantitative estimate of drug-likeness (QED) is 0.405. The molecule has 6 heteroatoms. The topological polar surface area (TPSA) is 81.5 Å². The molecule has 0 aromatic heterocycles. The number of halogens is 2. The molecule has 0 fully saturated rings. The number of primary amides is 1. The maximum absolute atomic E-state index is 10.6. The van der Waals surface area contributed by atoms with Gasteiger partial charge in [-0.1, -0.05) is 29.8 Å². The van der Waals surface area contributed by atoms with E-state index in [-0.39, 0.29) is 15.9 Å². The molecule has 0 spiro atoms. The van der Waals surface area contributed by atoms with Gasteiger partial charge in [-0.3, -0.25) is 4.79 Å². The largest absolute Gasteiger partial charge is 0.404 e. The van der Waals surface area contributed by atoms with Gasteiger partial charge in [0.1, 0.15) is 10.3 Å². The van der Waals surface area contributed by atoms with Gasteiger partial charge in [0, 0.05) is 6.20 Å². The number of rotatable bonds is 3. The number of hydrogen-bond donors (Lipinski definition) is 2. The Morgan fingerprint density at radius 1 is 1.50 bits per heavy atom. The first kappa shape index (κ1) is 11.0. The van der Waals surface area contributed by atoms with Crippen molar-refractivity contribution in [3.05, 3.63) is 23.5 Å². The molecule has 0 bridgehead atoms. The van der Waals surface area contributed by atoms with Crippen LogP contribution in [0.1, 0.15) is 0 Å². The molecule has 0 atom stereocenters. The van der Waals surface area contributed by atoms with Crippen LogP contribution in [0, 0.1) is 0 Å². The molecule has 0 rings (SSSR count). The molecule has 0 saturated carbocycles. The Bertz CT molecular complexity index is 270. The molecule has 4 nitrogen and oxygen atoms in total. The second-order valence-corrected chi connectivity index (χ2v) is 2.52. The first-order valence-corrected chi connectivity index (χ1v) is 3.55. The Kier molecular flexibility index (Phi) is 4.39. The first-order valence-electron chi connectivity index (χ1n) is 2.79. The predicted molar refractivity (Wildman–Crippen MR) is 49.7 cm³/mol. The molecule has 66 valence electrons. The summed E-state index contributed by atoms with van der Waals surface area (Å²) in [7, 11) is 0. The fourth-order valence-electron chi connectivity index (χ4n) is 0.419. The molecule has 12 heavy (non-hydrogen) atoms. The summed E-state index contributed by atoms with van der Waals surface area (Å²) in [6, 6.07) is 0. The summed E-state index contributed by atoms with van der Waals surface area (Å²) >= 11 is 10.8. The third-order valence-electron chi connectivity index (χ3n) is 0.874. The van der Waals surface area contributed by atoms with Gasteiger partial charge in [-0.25, -0.2) is 4.99 Å². The molecule has 0 aromatic rings. The van der Waals surface area contributed by atoms with Crippen molar-refractivity contribution in [2.24, 2.45) is 16.5 Å². The highest BCUT2D eigenvalue weighted by molar-refractivity contribution is 6.72. The second-order valence-electron chi connectivity index (χ2n) is 1.72. The van der Waals surface area contributed by atoms with Crippen LogP contribution >= 0.6 is 23.2 Å². The smallest absolute Gasteiger partial charge is 0.253 e. The number of aliphatic imine (C=N–C) groups is 1. The van der Waals surface area contributed by atoms with Crippen LogP contribution in [0.3, 0.4) is 0 Å². The molecule has 0 aliphatic heterocycles. The van der Waals surface area contributed by atoms with Gasteiger partial charge in [-0.2, -0.15) is 0 Å². The third-order valence-corrected chi connectivity index (χ3v) is 1.25. The van der Waals surface area contributed by atoms with Crippen LogP contribution in [-0.2, 0) is 4.79 Å². The summed E-state index contributed by atoms with van der Waals surface area (Å²) in [5, 5.41) is -0.231. The Morgan fingerprint density at radius 2 is 2.00 bits per heavy atom. The van der Waals surface area contributed by atoms with Gasteiger partial charge in [0.15, 0.2) is 0 Å². The molecule has 0 heterocycles. The fourth-order valence-corrected chi connectivity index (χ4v) is 0.805. The van der Waals surface area contributed by atoms with E-state index in [1.54, 1.807) is 0 Å². The summed E-state index contributed by atoms with van der Waals surface area (Å²) in [5.41, 5.74) is 9.85. The predicted octanol–water partition coefficient (Wildman–Crippen LogP) is 0.662. The molecular weight excluding hydrogens is 201 g/mol. The van der Waals surface area contributed by atoms with Crippen LogP contribution < -0.4 is 11.5 Å². The number of carbonyl (C=O) groups excluding carboxylic acids is 1. The van der Waals surface area contributed by atoms with Crippen molar-refractivity contribution >= 4 is 34.3 Å². The van der Waals surface area contributed by atoms with Crippen molar-refractivity contribution in [2.75, 3.05) is 0 Å². The number of nitrogens with two attached hydrogens (primary N) is 2. The Morgan fingerprint density at radius 3 is 2.25 bits per heavy atom. The van der Waals surface area contributed by atoms with Crippen LogP contribution in [-0.4, -0.2) is 11.1 Å². The first-order chi connectivity index (χ1) is 5.49. The lowest BCUT2D eigenvalue weighted by molar-refractivity contribution is -0.114. The number of amides is 1. The van der Waals surface area contributed by atoms with Gasteiger partial charge < -0.3 is 11.5 Å². The van der Waals surface area contributed by atoms with Crippen molar-refractivity contribution in [3.8, 4) is 0 Å². The number of nitrogens with zero attached hydrogens (tertiary/aromatic N) is 1. The van der Waals surface area contributed by atoms with E-state index < -0.39 is 5.91 Å². The normalized spacial score (nSPS) is 12.8. The van der Waals surface area contributed by atoms with E-state index in [9.17, 15) is 4.79 Å². The molecule has 1 amide bonds. The summed E-state index contributed by atoms with van der Waals surface area (Å²) in [4.78, 5) is 14.1. The lowest BCUT2D eigenvalue weighted by Gasteiger charge is -1.97. The Labute approximate surface area is 79.5 Å². The van der Waals surface area contributed by atoms with Crippen molar-refractivity contribution in [1.29, 1.82) is 0 Å². The van der Waals surface area contributed by atoms with Gasteiger partial charge in [0.05, 0.1) is 5.57 Å². The average Bonchev–Trinajstić information content (AvgIpc) is 1.85. The lowest BCUT2D eigenvalue weighted by atomic mass is 10.3. The molecule has 0 radical (unpaired) electrons. The van der Waals surface area contributed by atoms with E-state index in [2.05, 4.69) is 11.6 Å². The monoisotopic (exact) mass is 207 g/mol. The molecule has 0 aliphatic rings. The van der Waals surface area contributed by atoms with Crippen molar-refractivity contribution in [3.63, 3.8) is 0 Å². The summed E-state index contributed by atoms with van der Waals surface area (Å²) in [5.74, 6) is -0.774. The zero-order valence-corrected chi connectivity index (χ0v) is 7.56. The Hall–Kier alpha value is -1.00. The van der Waals surface area contributed by atoms with Gasteiger partial charge in [0.2, 0.25) is 0 Å². The molecule has 0 aliphatic carbocycles. The third kappa shape index (κ3) is 3.41. The van der Waals surface area contributed by atoms with Crippen molar-refractivity contribution in [2.45, 2.75) is 0 Å². The van der Waals surface area contributed by atoms with Crippen LogP contribution in [0.4, 0.5) is 0 Å². The standard InChI is InChI=1S/C6H7Cl2N3O/c1-3(7)11-5(8)4(2-9)6(10)12/h2H,1,9H2,(H2,10,12)/b4-2+,11-5+. The van der Waals surface area contributed by atoms with E-state index in [1.165, 1.54) is 0 Å². The summed E-state index contributed by atoms with van der Waals surface area (Å²) < 4.78 is 0. The van der Waals surface area contributed by atoms with Gasteiger partial charge in [-0.15, -0.1) is 0 Å². The molecule has 0 saturated heterocycles. The average molecular weight is 208 g/mol. The minimum Gasteiger partial charge on any atom is -0.404 e. The highest BCUT2D eigenvalue weighted by Gasteiger charge is 2.09. The summed E-state index contributed by atoms with van der Waals surface area (Å²) in [6.45, 7) is 3.24. The fraction of sp³-hybridized carbons (Fsp3) is 0. The van der Waals surface area contributed by atoms with E-state index in [4.69, 9.17) is 34.7 Å². The van der Waals surface area contributed by atoms with Gasteiger partial charge >= 0.3 is 0 Å². The number of carbonyl (C=O) groups is 1. The van der Waals surface area contributed by atoms with Crippen molar-refractivity contribution in [1.82, 2.24) is 0 Å². The number of hydrogen-bond acceptors (Lipinski definition) is 3. The summed E-state index contributed by atoms with van der Waals surface area (Å²) in [6.07, 6.45) is 0.952. The van der Waals surface area contributed by atoms with E-state index in [0.717, 1.165) is 6.20 Å². The van der Waals surface area contributed by atoms with Crippen molar-refractivity contribution < 1.29 is 4.79 Å². The van der Waals surface area contributed by atoms with Crippen LogP contribution in [0.15, 0.2) is 28.5 Å². The van der Waals surface area contributed by atoms with Crippen LogP contribution in [0.5, 0.6) is 0 Å². The lowest BCUT2D eigenvalue weighted by Crippen LogP contribution is -2.19. The second kappa shape index (κ2) is 4.79. The maximum Gasteiger partial charge on any atom is 0.253 e. The van der Waals surface area contributed by atoms with E-state index in [0.29, 0.717) is 0 Å². The minimum absolute atomic E-state index is 0.0550. The minimum atomic E-state index is -0.774. The van der Waals surface area contributed by atoms with Gasteiger partial charge in [-0.05, 0) is 0 Å². The van der Waals surface area contributed by atoms with Gasteiger partial charge in [0.25, 0.3) is 5.91 Å². The Balaban J connectivity index is 4.78. The molecule has 0 aromatic carbocycles. The zero-order valence-electron chi connectivity index (χ0n) is 6.05. The molecule has 4 N–H and O–H groups in total. The van der Waals surface area contributed by atoms with E-state index in [1.807, 2.05) is 0 Å². The SMILES string of the molecule is C=C(Cl)/N=C(Cl)\C(=C/N)C(N)=O. The zero-order chi connectivity index (χ0) is 9.72. The molecule has 0 unspecified atom stereocenters. The molecular formula is C6H7Cl2N3O. The van der Waals surface area contributed by atoms with Crippen LogP contribution in [0.2, 0.25) is 0 Å². The maximum atomic E-state index is 10.6. The highest BCUT2D eigenvalue weighted by atomic mass is 35.5.